The highest BCUT2D eigenvalue weighted by molar-refractivity contribution is 5.75. The van der Waals surface area contributed by atoms with Crippen molar-refractivity contribution >= 4 is 11.7 Å². The number of esters is 1. The summed E-state index contributed by atoms with van der Waals surface area (Å²) in [6, 6.07) is 4.29. The molecule has 7 nitrogen and oxygen atoms in total. The van der Waals surface area contributed by atoms with E-state index in [-0.39, 0.29) is 23.5 Å². The van der Waals surface area contributed by atoms with E-state index in [0.717, 1.165) is 0 Å². The van der Waals surface area contributed by atoms with E-state index in [2.05, 4.69) is 5.32 Å². The fourth-order valence-electron chi connectivity index (χ4n) is 2.28. The van der Waals surface area contributed by atoms with Crippen molar-refractivity contribution in [3.05, 3.63) is 33.9 Å². The van der Waals surface area contributed by atoms with Gasteiger partial charge in [0.2, 0.25) is 0 Å². The molecule has 0 spiro atoms. The van der Waals surface area contributed by atoms with E-state index in [1.54, 1.807) is 26.0 Å². The van der Waals surface area contributed by atoms with Crippen LogP contribution in [-0.2, 0) is 16.1 Å². The van der Waals surface area contributed by atoms with Crippen molar-refractivity contribution in [2.24, 2.45) is 5.92 Å². The van der Waals surface area contributed by atoms with Crippen LogP contribution in [0.2, 0.25) is 0 Å². The van der Waals surface area contributed by atoms with Crippen LogP contribution in [0.5, 0.6) is 5.75 Å². The van der Waals surface area contributed by atoms with Gasteiger partial charge in [-0.25, -0.2) is 0 Å². The molecule has 1 aromatic rings. The predicted molar refractivity (Wildman–Crippen MR) is 91.0 cm³/mol. The molecule has 0 radical (unpaired) electrons. The number of rotatable bonds is 9. The Kier molecular flexibility index (Phi) is 7.64. The second-order valence-electron chi connectivity index (χ2n) is 6.31. The number of nitro groups is 1. The van der Waals surface area contributed by atoms with Gasteiger partial charge in [0.1, 0.15) is 6.04 Å². The first-order valence-electron chi connectivity index (χ1n) is 7.99. The van der Waals surface area contributed by atoms with Crippen LogP contribution in [-0.4, -0.2) is 30.1 Å². The van der Waals surface area contributed by atoms with Gasteiger partial charge in [-0.15, -0.1) is 0 Å². The minimum Gasteiger partial charge on any atom is -0.490 e. The summed E-state index contributed by atoms with van der Waals surface area (Å²) in [4.78, 5) is 22.8. The summed E-state index contributed by atoms with van der Waals surface area (Å²) >= 11 is 0. The molecule has 1 N–H and O–H groups in total. The SMILES string of the molecule is COc1ccc(CN[C@@H](CC(C)C)C(=O)OC(C)C)cc1[N+](=O)[O-]. The maximum absolute atomic E-state index is 12.2. The smallest absolute Gasteiger partial charge is 0.323 e. The quantitative estimate of drug-likeness (QED) is 0.423. The largest absolute Gasteiger partial charge is 0.490 e. The monoisotopic (exact) mass is 338 g/mol. The molecule has 0 bridgehead atoms. The number of carbonyl (C=O) groups is 1. The summed E-state index contributed by atoms with van der Waals surface area (Å²) in [7, 11) is 1.39. The molecule has 1 aromatic carbocycles. The molecule has 0 saturated carbocycles. The number of hydrogen-bond donors (Lipinski definition) is 1. The lowest BCUT2D eigenvalue weighted by molar-refractivity contribution is -0.385. The number of nitro benzene ring substituents is 1. The minimum absolute atomic E-state index is 0.0954. The molecule has 1 rings (SSSR count). The molecule has 0 aliphatic rings. The average molecular weight is 338 g/mol. The Bertz CT molecular complexity index is 572. The number of nitrogens with zero attached hydrogens (tertiary/aromatic N) is 1. The van der Waals surface area contributed by atoms with E-state index in [1.165, 1.54) is 13.2 Å². The summed E-state index contributed by atoms with van der Waals surface area (Å²) in [5.74, 6) is 0.218. The van der Waals surface area contributed by atoms with Crippen LogP contribution < -0.4 is 10.1 Å². The van der Waals surface area contributed by atoms with Crippen molar-refractivity contribution in [3.63, 3.8) is 0 Å². The Balaban J connectivity index is 2.84. The molecule has 0 amide bonds. The fourth-order valence-corrected chi connectivity index (χ4v) is 2.28. The highest BCUT2D eigenvalue weighted by atomic mass is 16.6. The maximum atomic E-state index is 12.2. The van der Waals surface area contributed by atoms with Crippen LogP contribution in [0.1, 0.15) is 39.7 Å². The van der Waals surface area contributed by atoms with E-state index >= 15 is 0 Å². The van der Waals surface area contributed by atoms with E-state index in [1.807, 2.05) is 13.8 Å². The van der Waals surface area contributed by atoms with Gasteiger partial charge in [-0.2, -0.15) is 0 Å². The van der Waals surface area contributed by atoms with E-state index in [9.17, 15) is 14.9 Å². The normalized spacial score (nSPS) is 12.3. The number of benzene rings is 1. The molecule has 7 heteroatoms. The predicted octanol–water partition coefficient (Wildman–Crippen LogP) is 3.06. The summed E-state index contributed by atoms with van der Waals surface area (Å²) in [6.45, 7) is 7.98. The van der Waals surface area contributed by atoms with Crippen LogP contribution in [0.3, 0.4) is 0 Å². The minimum atomic E-state index is -0.485. The van der Waals surface area contributed by atoms with Crippen LogP contribution >= 0.6 is 0 Å². The number of nitrogens with one attached hydrogen (secondary N) is 1. The van der Waals surface area contributed by atoms with E-state index < -0.39 is 11.0 Å². The van der Waals surface area contributed by atoms with Crippen LogP contribution in [0.25, 0.3) is 0 Å². The highest BCUT2D eigenvalue weighted by Gasteiger charge is 2.22. The summed E-state index contributed by atoms with van der Waals surface area (Å²) in [5.41, 5.74) is 0.607. The molecule has 0 aliphatic carbocycles. The Morgan fingerprint density at radius 2 is 1.96 bits per heavy atom. The summed E-state index contributed by atoms with van der Waals surface area (Å²) in [5, 5.41) is 14.2. The average Bonchev–Trinajstić information content (AvgIpc) is 2.49. The molecule has 0 aliphatic heterocycles. The zero-order valence-electron chi connectivity index (χ0n) is 14.9. The molecule has 1 atom stereocenters. The topological polar surface area (TPSA) is 90.7 Å². The second kappa shape index (κ2) is 9.22. The van der Waals surface area contributed by atoms with E-state index in [4.69, 9.17) is 9.47 Å². The Morgan fingerprint density at radius 3 is 2.46 bits per heavy atom. The third kappa shape index (κ3) is 6.16. The maximum Gasteiger partial charge on any atom is 0.323 e. The molecular formula is C17H26N2O5. The molecular weight excluding hydrogens is 312 g/mol. The fraction of sp³-hybridized carbons (Fsp3) is 0.588. The lowest BCUT2D eigenvalue weighted by atomic mass is 10.0. The highest BCUT2D eigenvalue weighted by Crippen LogP contribution is 2.27. The molecule has 0 fully saturated rings. The Morgan fingerprint density at radius 1 is 1.29 bits per heavy atom. The van der Waals surface area contributed by atoms with Gasteiger partial charge in [-0.05, 0) is 37.8 Å². The zero-order valence-corrected chi connectivity index (χ0v) is 14.9. The van der Waals surface area contributed by atoms with Crippen molar-refractivity contribution in [1.29, 1.82) is 0 Å². The third-order valence-electron chi connectivity index (χ3n) is 3.34. The van der Waals surface area contributed by atoms with Crippen LogP contribution in [0.4, 0.5) is 5.69 Å². The second-order valence-corrected chi connectivity index (χ2v) is 6.31. The van der Waals surface area contributed by atoms with Crippen molar-refractivity contribution in [1.82, 2.24) is 5.32 Å². The molecule has 24 heavy (non-hydrogen) atoms. The standard InChI is InChI=1S/C17H26N2O5/c1-11(2)8-14(17(20)24-12(3)4)18-10-13-6-7-16(23-5)15(9-13)19(21)22/h6-7,9,11-12,14,18H,8,10H2,1-5H3/t14-/m0/s1. The van der Waals surface area contributed by atoms with Gasteiger partial charge in [0.05, 0.1) is 18.1 Å². The number of hydrogen-bond acceptors (Lipinski definition) is 6. The van der Waals surface area contributed by atoms with Crippen molar-refractivity contribution in [3.8, 4) is 5.75 Å². The number of carbonyl (C=O) groups excluding carboxylic acids is 1. The van der Waals surface area contributed by atoms with Gasteiger partial charge in [0.25, 0.3) is 0 Å². The van der Waals surface area contributed by atoms with Crippen molar-refractivity contribution in [2.75, 3.05) is 7.11 Å². The first-order chi connectivity index (χ1) is 11.2. The first kappa shape index (κ1) is 19.9. The number of methoxy groups -OCH3 is 1. The van der Waals surface area contributed by atoms with E-state index in [0.29, 0.717) is 24.4 Å². The van der Waals surface area contributed by atoms with Crippen molar-refractivity contribution in [2.45, 2.75) is 52.8 Å². The van der Waals surface area contributed by atoms with Gasteiger partial charge >= 0.3 is 11.7 Å². The van der Waals surface area contributed by atoms with Crippen LogP contribution in [0, 0.1) is 16.0 Å². The van der Waals surface area contributed by atoms with Gasteiger partial charge in [0.15, 0.2) is 5.75 Å². The summed E-state index contributed by atoms with van der Waals surface area (Å²) < 4.78 is 10.3. The molecule has 0 heterocycles. The molecule has 0 saturated heterocycles. The number of ether oxygens (including phenoxy) is 2. The van der Waals surface area contributed by atoms with Gasteiger partial charge < -0.3 is 14.8 Å². The summed E-state index contributed by atoms with van der Waals surface area (Å²) in [6.07, 6.45) is 0.445. The molecule has 134 valence electrons. The van der Waals surface area contributed by atoms with Gasteiger partial charge in [0, 0.05) is 12.6 Å². The Labute approximate surface area is 142 Å². The van der Waals surface area contributed by atoms with Crippen LogP contribution in [0.15, 0.2) is 18.2 Å². The van der Waals surface area contributed by atoms with Gasteiger partial charge in [-0.3, -0.25) is 14.9 Å². The third-order valence-corrected chi connectivity index (χ3v) is 3.34. The van der Waals surface area contributed by atoms with Crippen molar-refractivity contribution < 1.29 is 19.2 Å². The molecule has 0 aromatic heterocycles. The zero-order chi connectivity index (χ0) is 18.3. The Hall–Kier alpha value is -2.15. The lowest BCUT2D eigenvalue weighted by Crippen LogP contribution is -2.39. The molecule has 0 unspecified atom stereocenters. The van der Waals surface area contributed by atoms with Gasteiger partial charge in [-0.1, -0.05) is 19.9 Å². The first-order valence-corrected chi connectivity index (χ1v) is 7.99. The lowest BCUT2D eigenvalue weighted by Gasteiger charge is -2.21.